The maximum atomic E-state index is 12.1. The van der Waals surface area contributed by atoms with Gasteiger partial charge in [-0.2, -0.15) is 4.98 Å². The zero-order valence-electron chi connectivity index (χ0n) is 17.2. The summed E-state index contributed by atoms with van der Waals surface area (Å²) < 4.78 is 10.5. The molecule has 1 heterocycles. The van der Waals surface area contributed by atoms with E-state index in [1.807, 2.05) is 63.2 Å². The van der Waals surface area contributed by atoms with Crippen LogP contribution >= 0.6 is 0 Å². The minimum atomic E-state index is -0.498. The van der Waals surface area contributed by atoms with Crippen molar-refractivity contribution in [2.75, 3.05) is 19.7 Å². The third-order valence-electron chi connectivity index (χ3n) is 4.35. The fourth-order valence-corrected chi connectivity index (χ4v) is 2.74. The number of aryl methyl sites for hydroxylation is 3. The number of hydrogen-bond donors (Lipinski definition) is 2. The van der Waals surface area contributed by atoms with Gasteiger partial charge in [-0.25, -0.2) is 0 Å². The number of nitrogens with one attached hydrogen (secondary N) is 2. The molecule has 2 N–H and O–H groups in total. The lowest BCUT2D eigenvalue weighted by Gasteiger charge is -2.10. The molecule has 0 saturated heterocycles. The summed E-state index contributed by atoms with van der Waals surface area (Å²) in [6.07, 6.45) is 0. The standard InChI is InChI=1S/C22H24N4O4/c1-14-4-7-17(8-5-14)20-25-22(30-26-20)21(28)24-11-10-23-19(27)13-29-18-9-6-15(2)12-16(18)3/h4-9,12H,10-11,13H2,1-3H3,(H,23,27)(H,24,28). The first-order valence-electron chi connectivity index (χ1n) is 9.58. The van der Waals surface area contributed by atoms with Gasteiger partial charge in [-0.15, -0.1) is 0 Å². The van der Waals surface area contributed by atoms with Gasteiger partial charge in [0, 0.05) is 18.7 Å². The van der Waals surface area contributed by atoms with Crippen molar-refractivity contribution in [2.24, 2.45) is 0 Å². The average molecular weight is 408 g/mol. The molecule has 8 heteroatoms. The van der Waals surface area contributed by atoms with E-state index in [0.29, 0.717) is 11.6 Å². The van der Waals surface area contributed by atoms with E-state index in [-0.39, 0.29) is 31.5 Å². The lowest BCUT2D eigenvalue weighted by atomic mass is 10.1. The summed E-state index contributed by atoms with van der Waals surface area (Å²) in [5.74, 6) is 0.113. The second-order valence-electron chi connectivity index (χ2n) is 6.95. The van der Waals surface area contributed by atoms with Crippen LogP contribution in [0.15, 0.2) is 47.0 Å². The summed E-state index contributed by atoms with van der Waals surface area (Å²) in [5, 5.41) is 9.13. The van der Waals surface area contributed by atoms with Gasteiger partial charge < -0.3 is 19.9 Å². The van der Waals surface area contributed by atoms with Crippen LogP contribution in [0.5, 0.6) is 5.75 Å². The highest BCUT2D eigenvalue weighted by Gasteiger charge is 2.15. The Hall–Kier alpha value is -3.68. The van der Waals surface area contributed by atoms with Crippen LogP contribution in [0, 0.1) is 20.8 Å². The van der Waals surface area contributed by atoms with E-state index in [4.69, 9.17) is 9.26 Å². The van der Waals surface area contributed by atoms with E-state index in [1.165, 1.54) is 0 Å². The van der Waals surface area contributed by atoms with Crippen LogP contribution in [0.25, 0.3) is 11.4 Å². The molecule has 0 radical (unpaired) electrons. The molecule has 2 aromatic carbocycles. The molecule has 156 valence electrons. The maximum absolute atomic E-state index is 12.1. The van der Waals surface area contributed by atoms with Gasteiger partial charge in [0.2, 0.25) is 5.82 Å². The quantitative estimate of drug-likeness (QED) is 0.555. The topological polar surface area (TPSA) is 106 Å². The summed E-state index contributed by atoms with van der Waals surface area (Å²) in [4.78, 5) is 28.1. The van der Waals surface area contributed by atoms with Crippen LogP contribution < -0.4 is 15.4 Å². The van der Waals surface area contributed by atoms with Crippen LogP contribution in [0.4, 0.5) is 0 Å². The maximum Gasteiger partial charge on any atom is 0.316 e. The molecule has 0 bridgehead atoms. The molecule has 0 aliphatic heterocycles. The SMILES string of the molecule is Cc1ccc(-c2noc(C(=O)NCCNC(=O)COc3ccc(C)cc3C)n2)cc1. The Morgan fingerprint density at radius 3 is 2.40 bits per heavy atom. The monoisotopic (exact) mass is 408 g/mol. The second kappa shape index (κ2) is 9.69. The first kappa shape index (κ1) is 21.0. The summed E-state index contributed by atoms with van der Waals surface area (Å²) in [6, 6.07) is 13.3. The Labute approximate surface area is 174 Å². The number of hydrogen-bond acceptors (Lipinski definition) is 6. The summed E-state index contributed by atoms with van der Waals surface area (Å²) in [5.41, 5.74) is 3.98. The van der Waals surface area contributed by atoms with Crippen molar-refractivity contribution >= 4 is 11.8 Å². The molecule has 30 heavy (non-hydrogen) atoms. The number of nitrogens with zero attached hydrogens (tertiary/aromatic N) is 2. The molecular weight excluding hydrogens is 384 g/mol. The number of rotatable bonds is 8. The van der Waals surface area contributed by atoms with Gasteiger partial charge in [0.25, 0.3) is 5.91 Å². The van der Waals surface area contributed by atoms with Gasteiger partial charge in [0.15, 0.2) is 6.61 Å². The molecule has 0 atom stereocenters. The zero-order chi connectivity index (χ0) is 21.5. The molecule has 3 aromatic rings. The van der Waals surface area contributed by atoms with Crippen LogP contribution in [-0.2, 0) is 4.79 Å². The number of aromatic nitrogens is 2. The van der Waals surface area contributed by atoms with Crippen molar-refractivity contribution in [1.82, 2.24) is 20.8 Å². The number of ether oxygens (including phenoxy) is 1. The Morgan fingerprint density at radius 2 is 1.67 bits per heavy atom. The average Bonchev–Trinajstić information content (AvgIpc) is 3.21. The Bertz CT molecular complexity index is 1030. The van der Waals surface area contributed by atoms with Crippen LogP contribution in [-0.4, -0.2) is 41.7 Å². The second-order valence-corrected chi connectivity index (χ2v) is 6.95. The summed E-state index contributed by atoms with van der Waals surface area (Å²) >= 11 is 0. The Kier molecular flexibility index (Phi) is 6.79. The van der Waals surface area contributed by atoms with Gasteiger partial charge in [-0.05, 0) is 32.4 Å². The zero-order valence-corrected chi connectivity index (χ0v) is 17.2. The first-order chi connectivity index (χ1) is 14.4. The van der Waals surface area contributed by atoms with E-state index in [0.717, 1.165) is 22.3 Å². The summed E-state index contributed by atoms with van der Waals surface area (Å²) in [7, 11) is 0. The van der Waals surface area contributed by atoms with E-state index >= 15 is 0 Å². The third-order valence-corrected chi connectivity index (χ3v) is 4.35. The predicted octanol–water partition coefficient (Wildman–Crippen LogP) is 2.59. The van der Waals surface area contributed by atoms with Gasteiger partial charge in [-0.3, -0.25) is 9.59 Å². The number of amides is 2. The van der Waals surface area contributed by atoms with Gasteiger partial charge in [0.05, 0.1) is 0 Å². The molecule has 1 aromatic heterocycles. The normalized spacial score (nSPS) is 10.5. The fourth-order valence-electron chi connectivity index (χ4n) is 2.74. The molecule has 8 nitrogen and oxygen atoms in total. The van der Waals surface area contributed by atoms with E-state index in [2.05, 4.69) is 20.8 Å². The molecule has 0 unspecified atom stereocenters. The molecule has 3 rings (SSSR count). The highest BCUT2D eigenvalue weighted by atomic mass is 16.5. The van der Waals surface area contributed by atoms with E-state index < -0.39 is 5.91 Å². The van der Waals surface area contributed by atoms with Crippen molar-refractivity contribution in [3.8, 4) is 17.1 Å². The first-order valence-corrected chi connectivity index (χ1v) is 9.58. The van der Waals surface area contributed by atoms with Gasteiger partial charge >= 0.3 is 11.8 Å². The smallest absolute Gasteiger partial charge is 0.316 e. The molecule has 2 amide bonds. The minimum absolute atomic E-state index is 0.0958. The number of carbonyl (C=O) groups is 2. The van der Waals surface area contributed by atoms with Crippen molar-refractivity contribution < 1.29 is 18.8 Å². The fraction of sp³-hybridized carbons (Fsp3) is 0.273. The van der Waals surface area contributed by atoms with E-state index in [1.54, 1.807) is 0 Å². The van der Waals surface area contributed by atoms with Crippen LogP contribution in [0.3, 0.4) is 0 Å². The minimum Gasteiger partial charge on any atom is -0.484 e. The lowest BCUT2D eigenvalue weighted by Crippen LogP contribution is -2.36. The molecule has 0 fully saturated rings. The lowest BCUT2D eigenvalue weighted by molar-refractivity contribution is -0.123. The molecule has 0 aliphatic rings. The van der Waals surface area contributed by atoms with E-state index in [9.17, 15) is 9.59 Å². The van der Waals surface area contributed by atoms with Gasteiger partial charge in [-0.1, -0.05) is 52.7 Å². The van der Waals surface area contributed by atoms with Crippen LogP contribution in [0.2, 0.25) is 0 Å². The highest BCUT2D eigenvalue weighted by molar-refractivity contribution is 5.89. The Morgan fingerprint density at radius 1 is 0.967 bits per heavy atom. The van der Waals surface area contributed by atoms with Crippen molar-refractivity contribution in [1.29, 1.82) is 0 Å². The predicted molar refractivity (Wildman–Crippen MR) is 111 cm³/mol. The number of benzene rings is 2. The number of carbonyl (C=O) groups excluding carboxylic acids is 2. The molecule has 0 spiro atoms. The molecule has 0 saturated carbocycles. The largest absolute Gasteiger partial charge is 0.484 e. The molecular formula is C22H24N4O4. The molecule has 0 aliphatic carbocycles. The van der Waals surface area contributed by atoms with Crippen LogP contribution in [0.1, 0.15) is 27.4 Å². The van der Waals surface area contributed by atoms with Gasteiger partial charge in [0.1, 0.15) is 5.75 Å². The van der Waals surface area contributed by atoms with Crippen molar-refractivity contribution in [3.63, 3.8) is 0 Å². The third kappa shape index (κ3) is 5.66. The van der Waals surface area contributed by atoms with Crippen molar-refractivity contribution in [2.45, 2.75) is 20.8 Å². The Balaban J connectivity index is 1.39. The highest BCUT2D eigenvalue weighted by Crippen LogP contribution is 2.18. The van der Waals surface area contributed by atoms with Crippen molar-refractivity contribution in [3.05, 3.63) is 65.0 Å². The summed E-state index contributed by atoms with van der Waals surface area (Å²) in [6.45, 7) is 6.28.